The van der Waals surface area contributed by atoms with Crippen LogP contribution in [0.5, 0.6) is 5.75 Å². The van der Waals surface area contributed by atoms with Gasteiger partial charge in [0.05, 0.1) is 36.7 Å². The lowest BCUT2D eigenvalue weighted by atomic mass is 10.0. The third kappa shape index (κ3) is 4.96. The van der Waals surface area contributed by atoms with Gasteiger partial charge in [0, 0.05) is 18.3 Å². The number of hydrogen-bond donors (Lipinski definition) is 3. The molecule has 0 aliphatic rings. The zero-order valence-corrected chi connectivity index (χ0v) is 17.6. The van der Waals surface area contributed by atoms with Crippen molar-refractivity contribution in [1.82, 2.24) is 4.98 Å². The molecule has 8 nitrogen and oxygen atoms in total. The molecule has 0 fully saturated rings. The van der Waals surface area contributed by atoms with Gasteiger partial charge in [-0.05, 0) is 51.5 Å². The highest BCUT2D eigenvalue weighted by molar-refractivity contribution is 6.05. The molecular weight excluding hydrogens is 374 g/mol. The average Bonchev–Trinajstić information content (AvgIpc) is 2.95. The molecular formula is C21H27N3O5. The van der Waals surface area contributed by atoms with Gasteiger partial charge in [0.2, 0.25) is 11.7 Å². The zero-order chi connectivity index (χ0) is 21.7. The summed E-state index contributed by atoms with van der Waals surface area (Å²) in [5.41, 5.74) is 3.01. The summed E-state index contributed by atoms with van der Waals surface area (Å²) in [5, 5.41) is 5.82. The number of carbonyl (C=O) groups is 3. The molecule has 1 aromatic heterocycles. The van der Waals surface area contributed by atoms with Crippen LogP contribution in [-0.4, -0.2) is 42.4 Å². The third-order valence-corrected chi connectivity index (χ3v) is 4.45. The summed E-state index contributed by atoms with van der Waals surface area (Å²) in [6.45, 7) is 8.57. The average molecular weight is 401 g/mol. The van der Waals surface area contributed by atoms with Crippen LogP contribution in [0.4, 0.5) is 11.4 Å². The standard InChI is InChI=1S/C21H27N3O5/c1-7-29-21(27)18-11(2)19(23-12(18)3)20(26)13(4)22-16-10-15(24-14(5)25)8-9-17(16)28-6/h8-10,13,22-23H,7H2,1-6H3,(H,24,25)/t13-/m1/s1. The number of rotatable bonds is 8. The number of amides is 1. The quantitative estimate of drug-likeness (QED) is 0.462. The second kappa shape index (κ2) is 9.27. The first-order chi connectivity index (χ1) is 13.7. The highest BCUT2D eigenvalue weighted by Gasteiger charge is 2.26. The minimum absolute atomic E-state index is 0.200. The van der Waals surface area contributed by atoms with Gasteiger partial charge >= 0.3 is 5.97 Å². The van der Waals surface area contributed by atoms with Gasteiger partial charge in [0.1, 0.15) is 5.75 Å². The van der Waals surface area contributed by atoms with Crippen LogP contribution < -0.4 is 15.4 Å². The Morgan fingerprint density at radius 2 is 1.90 bits per heavy atom. The Balaban J connectivity index is 2.29. The number of aromatic nitrogens is 1. The van der Waals surface area contributed by atoms with Crippen LogP contribution >= 0.6 is 0 Å². The molecule has 1 aromatic carbocycles. The zero-order valence-electron chi connectivity index (χ0n) is 17.6. The van der Waals surface area contributed by atoms with Gasteiger partial charge < -0.3 is 25.1 Å². The number of Topliss-reactive ketones (excluding diaryl/α,β-unsaturated/α-hetero) is 1. The number of anilines is 2. The van der Waals surface area contributed by atoms with E-state index in [0.717, 1.165) is 0 Å². The van der Waals surface area contributed by atoms with E-state index in [1.54, 1.807) is 45.9 Å². The van der Waals surface area contributed by atoms with Crippen LogP contribution in [0.15, 0.2) is 18.2 Å². The number of ether oxygens (including phenoxy) is 2. The van der Waals surface area contributed by atoms with Gasteiger partial charge in [-0.2, -0.15) is 0 Å². The number of carbonyl (C=O) groups excluding carboxylic acids is 3. The Kier molecular flexibility index (Phi) is 7.03. The van der Waals surface area contributed by atoms with Gasteiger partial charge in [-0.25, -0.2) is 4.79 Å². The molecule has 0 radical (unpaired) electrons. The Morgan fingerprint density at radius 1 is 1.21 bits per heavy atom. The van der Waals surface area contributed by atoms with E-state index in [9.17, 15) is 14.4 Å². The van der Waals surface area contributed by atoms with Crippen molar-refractivity contribution in [2.75, 3.05) is 24.4 Å². The van der Waals surface area contributed by atoms with Crippen molar-refractivity contribution < 1.29 is 23.9 Å². The van der Waals surface area contributed by atoms with E-state index in [1.807, 2.05) is 0 Å². The first kappa shape index (κ1) is 22.0. The molecule has 2 rings (SSSR count). The molecule has 29 heavy (non-hydrogen) atoms. The summed E-state index contributed by atoms with van der Waals surface area (Å²) in [7, 11) is 1.52. The van der Waals surface area contributed by atoms with Gasteiger partial charge in [0.25, 0.3) is 0 Å². The number of hydrogen-bond acceptors (Lipinski definition) is 6. The topological polar surface area (TPSA) is 110 Å². The molecule has 2 aromatic rings. The first-order valence-electron chi connectivity index (χ1n) is 9.32. The van der Waals surface area contributed by atoms with Crippen molar-refractivity contribution in [3.8, 4) is 5.75 Å². The number of benzene rings is 1. The molecule has 1 amide bonds. The third-order valence-electron chi connectivity index (χ3n) is 4.45. The van der Waals surface area contributed by atoms with Crippen molar-refractivity contribution >= 4 is 29.0 Å². The summed E-state index contributed by atoms with van der Waals surface area (Å²) < 4.78 is 10.4. The van der Waals surface area contributed by atoms with E-state index >= 15 is 0 Å². The lowest BCUT2D eigenvalue weighted by Crippen LogP contribution is -2.27. The van der Waals surface area contributed by atoms with Crippen LogP contribution in [0.3, 0.4) is 0 Å². The van der Waals surface area contributed by atoms with E-state index in [-0.39, 0.29) is 18.3 Å². The molecule has 156 valence electrons. The second-order valence-electron chi connectivity index (χ2n) is 6.67. The number of methoxy groups -OCH3 is 1. The summed E-state index contributed by atoms with van der Waals surface area (Å²) in [5.74, 6) is -0.337. The minimum Gasteiger partial charge on any atom is -0.495 e. The van der Waals surface area contributed by atoms with Crippen LogP contribution in [0, 0.1) is 13.8 Å². The molecule has 1 heterocycles. The SMILES string of the molecule is CCOC(=O)c1c(C)[nH]c(C(=O)[C@@H](C)Nc2cc(NC(C)=O)ccc2OC)c1C. The molecule has 0 aliphatic heterocycles. The normalized spacial score (nSPS) is 11.5. The van der Waals surface area contributed by atoms with Crippen LogP contribution in [0.1, 0.15) is 52.9 Å². The predicted octanol–water partition coefficient (Wildman–Crippen LogP) is 3.46. The largest absolute Gasteiger partial charge is 0.495 e. The van der Waals surface area contributed by atoms with Crippen molar-refractivity contribution in [3.63, 3.8) is 0 Å². The van der Waals surface area contributed by atoms with Crippen molar-refractivity contribution in [3.05, 3.63) is 40.7 Å². The minimum atomic E-state index is -0.622. The molecule has 8 heteroatoms. The number of ketones is 1. The van der Waals surface area contributed by atoms with Gasteiger partial charge in [-0.1, -0.05) is 0 Å². The van der Waals surface area contributed by atoms with Crippen molar-refractivity contribution in [2.24, 2.45) is 0 Å². The number of nitrogens with one attached hydrogen (secondary N) is 3. The number of aromatic amines is 1. The number of H-pyrrole nitrogens is 1. The monoisotopic (exact) mass is 401 g/mol. The van der Waals surface area contributed by atoms with E-state index in [2.05, 4.69) is 15.6 Å². The van der Waals surface area contributed by atoms with Crippen molar-refractivity contribution in [2.45, 2.75) is 40.7 Å². The Morgan fingerprint density at radius 3 is 2.48 bits per heavy atom. The fraction of sp³-hybridized carbons (Fsp3) is 0.381. The second-order valence-corrected chi connectivity index (χ2v) is 6.67. The highest BCUT2D eigenvalue weighted by Crippen LogP contribution is 2.29. The fourth-order valence-corrected chi connectivity index (χ4v) is 3.12. The molecule has 0 spiro atoms. The number of esters is 1. The molecule has 0 bridgehead atoms. The van der Waals surface area contributed by atoms with E-state index in [0.29, 0.717) is 39.6 Å². The Bertz CT molecular complexity index is 933. The van der Waals surface area contributed by atoms with Crippen LogP contribution in [-0.2, 0) is 9.53 Å². The van der Waals surface area contributed by atoms with E-state index < -0.39 is 12.0 Å². The first-order valence-corrected chi connectivity index (χ1v) is 9.32. The molecule has 1 atom stereocenters. The molecule has 0 unspecified atom stereocenters. The van der Waals surface area contributed by atoms with Crippen LogP contribution in [0.25, 0.3) is 0 Å². The summed E-state index contributed by atoms with van der Waals surface area (Å²) >= 11 is 0. The van der Waals surface area contributed by atoms with E-state index in [4.69, 9.17) is 9.47 Å². The molecule has 0 aliphatic carbocycles. The summed E-state index contributed by atoms with van der Waals surface area (Å²) in [6, 6.07) is 4.49. The molecule has 3 N–H and O–H groups in total. The smallest absolute Gasteiger partial charge is 0.340 e. The predicted molar refractivity (Wildman–Crippen MR) is 111 cm³/mol. The lowest BCUT2D eigenvalue weighted by molar-refractivity contribution is -0.114. The van der Waals surface area contributed by atoms with Gasteiger partial charge in [0.15, 0.2) is 0 Å². The maximum atomic E-state index is 13.0. The fourth-order valence-electron chi connectivity index (χ4n) is 3.12. The maximum Gasteiger partial charge on any atom is 0.340 e. The summed E-state index contributed by atoms with van der Waals surface area (Å²) in [6.07, 6.45) is 0. The maximum absolute atomic E-state index is 13.0. The van der Waals surface area contributed by atoms with Gasteiger partial charge in [-0.15, -0.1) is 0 Å². The molecule has 0 saturated carbocycles. The van der Waals surface area contributed by atoms with Crippen LogP contribution in [0.2, 0.25) is 0 Å². The Hall–Kier alpha value is -3.29. The van der Waals surface area contributed by atoms with E-state index in [1.165, 1.54) is 14.0 Å². The number of aryl methyl sites for hydroxylation is 1. The highest BCUT2D eigenvalue weighted by atomic mass is 16.5. The Labute approximate surface area is 170 Å². The van der Waals surface area contributed by atoms with Crippen molar-refractivity contribution in [1.29, 1.82) is 0 Å². The molecule has 0 saturated heterocycles. The van der Waals surface area contributed by atoms with Gasteiger partial charge in [-0.3, -0.25) is 9.59 Å². The summed E-state index contributed by atoms with van der Waals surface area (Å²) in [4.78, 5) is 39.5. The lowest BCUT2D eigenvalue weighted by Gasteiger charge is -2.18.